The van der Waals surface area contributed by atoms with Crippen LogP contribution in [0.1, 0.15) is 49.3 Å². The summed E-state index contributed by atoms with van der Waals surface area (Å²) in [7, 11) is 0. The number of ether oxygens (including phenoxy) is 1. The molecule has 2 rings (SSSR count). The van der Waals surface area contributed by atoms with Gasteiger partial charge in [0.15, 0.2) is 0 Å². The van der Waals surface area contributed by atoms with Crippen LogP contribution in [0.5, 0.6) is 0 Å². The minimum atomic E-state index is 0.479. The third-order valence-corrected chi connectivity index (χ3v) is 4.90. The molecule has 1 aliphatic carbocycles. The molecule has 0 saturated heterocycles. The first-order chi connectivity index (χ1) is 8.81. The van der Waals surface area contributed by atoms with Crippen molar-refractivity contribution < 1.29 is 4.74 Å². The van der Waals surface area contributed by atoms with Crippen LogP contribution in [-0.4, -0.2) is 18.7 Å². The zero-order valence-corrected chi connectivity index (χ0v) is 12.4. The zero-order chi connectivity index (χ0) is 12.8. The van der Waals surface area contributed by atoms with Crippen molar-refractivity contribution >= 4 is 11.3 Å². The molecule has 0 amide bonds. The fraction of sp³-hybridized carbons (Fsp3) is 0.733. The lowest BCUT2D eigenvalue weighted by Crippen LogP contribution is -2.35. The van der Waals surface area contributed by atoms with Crippen molar-refractivity contribution in [1.29, 1.82) is 0 Å². The molecule has 0 atom stereocenters. The van der Waals surface area contributed by atoms with E-state index in [4.69, 9.17) is 4.74 Å². The summed E-state index contributed by atoms with van der Waals surface area (Å²) >= 11 is 1.89. The number of hydrogen-bond donors (Lipinski definition) is 1. The highest BCUT2D eigenvalue weighted by molar-refractivity contribution is 7.11. The highest BCUT2D eigenvalue weighted by Gasteiger charge is 2.20. The maximum atomic E-state index is 6.04. The topological polar surface area (TPSA) is 21.3 Å². The molecule has 1 N–H and O–H groups in total. The lowest BCUT2D eigenvalue weighted by molar-refractivity contribution is 0.0127. The van der Waals surface area contributed by atoms with Crippen LogP contribution in [-0.2, 0) is 17.8 Å². The quantitative estimate of drug-likeness (QED) is 0.847. The summed E-state index contributed by atoms with van der Waals surface area (Å²) in [6.45, 7) is 6.29. The summed E-state index contributed by atoms with van der Waals surface area (Å²) in [5, 5.41) is 3.54. The second kappa shape index (κ2) is 7.27. The van der Waals surface area contributed by atoms with E-state index in [1.54, 1.807) is 0 Å². The number of nitrogens with one attached hydrogen (secondary N) is 1. The summed E-state index contributed by atoms with van der Waals surface area (Å²) < 4.78 is 6.04. The Hall–Kier alpha value is -0.380. The normalized spacial score (nSPS) is 24.3. The number of thiophene rings is 1. The predicted molar refractivity (Wildman–Crippen MR) is 78.2 cm³/mol. The second-order valence-electron chi connectivity index (χ2n) is 5.06. The number of hydrogen-bond acceptors (Lipinski definition) is 3. The van der Waals surface area contributed by atoms with Gasteiger partial charge in [0.25, 0.3) is 0 Å². The molecule has 0 radical (unpaired) electrons. The van der Waals surface area contributed by atoms with E-state index in [1.807, 2.05) is 11.3 Å². The Morgan fingerprint density at radius 3 is 2.50 bits per heavy atom. The molecule has 0 aliphatic heterocycles. The van der Waals surface area contributed by atoms with Gasteiger partial charge in [-0.3, -0.25) is 0 Å². The Balaban J connectivity index is 1.68. The Labute approximate surface area is 115 Å². The van der Waals surface area contributed by atoms with Gasteiger partial charge in [-0.1, -0.05) is 13.8 Å². The first kappa shape index (κ1) is 14.0. The Kier molecular flexibility index (Phi) is 5.67. The number of aryl methyl sites for hydroxylation is 1. The van der Waals surface area contributed by atoms with E-state index >= 15 is 0 Å². The highest BCUT2D eigenvalue weighted by Crippen LogP contribution is 2.24. The minimum absolute atomic E-state index is 0.479. The van der Waals surface area contributed by atoms with E-state index in [2.05, 4.69) is 31.3 Å². The average Bonchev–Trinajstić information content (AvgIpc) is 2.86. The zero-order valence-electron chi connectivity index (χ0n) is 11.6. The summed E-state index contributed by atoms with van der Waals surface area (Å²) in [5.74, 6) is 0. The van der Waals surface area contributed by atoms with Crippen LogP contribution in [0.3, 0.4) is 0 Å². The molecule has 1 aliphatic rings. The molecule has 18 heavy (non-hydrogen) atoms. The van der Waals surface area contributed by atoms with E-state index in [0.717, 1.165) is 25.6 Å². The molecule has 2 nitrogen and oxygen atoms in total. The molecule has 3 heteroatoms. The fourth-order valence-electron chi connectivity index (χ4n) is 2.61. The van der Waals surface area contributed by atoms with E-state index in [-0.39, 0.29) is 0 Å². The lowest BCUT2D eigenvalue weighted by Gasteiger charge is -2.28. The van der Waals surface area contributed by atoms with Gasteiger partial charge in [0.2, 0.25) is 0 Å². The van der Waals surface area contributed by atoms with Gasteiger partial charge in [-0.25, -0.2) is 0 Å². The summed E-state index contributed by atoms with van der Waals surface area (Å²) in [4.78, 5) is 2.84. The van der Waals surface area contributed by atoms with Crippen molar-refractivity contribution in [3.05, 3.63) is 21.9 Å². The van der Waals surface area contributed by atoms with Gasteiger partial charge in [-0.05, 0) is 50.8 Å². The number of rotatable bonds is 6. The van der Waals surface area contributed by atoms with Crippen LogP contribution in [0.2, 0.25) is 0 Å². The van der Waals surface area contributed by atoms with Crippen molar-refractivity contribution in [3.63, 3.8) is 0 Å². The molecule has 0 bridgehead atoms. The smallest absolute Gasteiger partial charge is 0.0813 e. The monoisotopic (exact) mass is 267 g/mol. The first-order valence-electron chi connectivity index (χ1n) is 7.24. The lowest BCUT2D eigenvalue weighted by atomic mass is 9.93. The largest absolute Gasteiger partial charge is 0.373 e. The molecule has 0 unspecified atom stereocenters. The Morgan fingerprint density at radius 1 is 1.17 bits per heavy atom. The van der Waals surface area contributed by atoms with Crippen molar-refractivity contribution in [3.8, 4) is 0 Å². The maximum absolute atomic E-state index is 6.04. The van der Waals surface area contributed by atoms with Gasteiger partial charge in [0, 0.05) is 15.8 Å². The fourth-order valence-corrected chi connectivity index (χ4v) is 3.49. The van der Waals surface area contributed by atoms with Crippen molar-refractivity contribution in [2.24, 2.45) is 0 Å². The molecule has 102 valence electrons. The Bertz CT molecular complexity index is 342. The molecule has 1 aromatic rings. The van der Waals surface area contributed by atoms with Crippen LogP contribution >= 0.6 is 11.3 Å². The minimum Gasteiger partial charge on any atom is -0.373 e. The van der Waals surface area contributed by atoms with E-state index in [9.17, 15) is 0 Å². The SMILES string of the molecule is CCNC1CCC(OCc2ccc(CC)s2)CC1. The second-order valence-corrected chi connectivity index (χ2v) is 6.32. The van der Waals surface area contributed by atoms with Gasteiger partial charge in [-0.2, -0.15) is 0 Å². The molecule has 1 fully saturated rings. The van der Waals surface area contributed by atoms with Gasteiger partial charge in [0.05, 0.1) is 12.7 Å². The van der Waals surface area contributed by atoms with Crippen molar-refractivity contribution in [1.82, 2.24) is 5.32 Å². The average molecular weight is 267 g/mol. The van der Waals surface area contributed by atoms with Crippen LogP contribution in [0.15, 0.2) is 12.1 Å². The van der Waals surface area contributed by atoms with E-state index < -0.39 is 0 Å². The highest BCUT2D eigenvalue weighted by atomic mass is 32.1. The van der Waals surface area contributed by atoms with Gasteiger partial charge in [-0.15, -0.1) is 11.3 Å². The molecule has 0 spiro atoms. The molecule has 0 aromatic carbocycles. The molecular weight excluding hydrogens is 242 g/mol. The van der Waals surface area contributed by atoms with Crippen LogP contribution < -0.4 is 5.32 Å². The van der Waals surface area contributed by atoms with Gasteiger partial charge < -0.3 is 10.1 Å². The Morgan fingerprint density at radius 2 is 1.89 bits per heavy atom. The standard InChI is InChI=1S/C15H25NOS/c1-3-14-9-10-15(18-14)11-17-13-7-5-12(6-8-13)16-4-2/h9-10,12-13,16H,3-8,11H2,1-2H3. The third-order valence-electron chi connectivity index (χ3n) is 3.69. The van der Waals surface area contributed by atoms with Gasteiger partial charge in [0.1, 0.15) is 0 Å². The summed E-state index contributed by atoms with van der Waals surface area (Å²) in [6.07, 6.45) is 6.57. The maximum Gasteiger partial charge on any atom is 0.0813 e. The van der Waals surface area contributed by atoms with Crippen LogP contribution in [0.25, 0.3) is 0 Å². The van der Waals surface area contributed by atoms with Crippen molar-refractivity contribution in [2.45, 2.75) is 64.7 Å². The van der Waals surface area contributed by atoms with E-state index in [1.165, 1.54) is 35.4 Å². The predicted octanol–water partition coefficient (Wildman–Crippen LogP) is 3.75. The molecule has 1 aromatic heterocycles. The van der Waals surface area contributed by atoms with Gasteiger partial charge >= 0.3 is 0 Å². The summed E-state index contributed by atoms with van der Waals surface area (Å²) in [6, 6.07) is 5.17. The van der Waals surface area contributed by atoms with E-state index in [0.29, 0.717) is 6.10 Å². The molecular formula is C15H25NOS. The molecule has 1 heterocycles. The third kappa shape index (κ3) is 4.08. The van der Waals surface area contributed by atoms with Crippen LogP contribution in [0, 0.1) is 0 Å². The van der Waals surface area contributed by atoms with Crippen molar-refractivity contribution in [2.75, 3.05) is 6.54 Å². The first-order valence-corrected chi connectivity index (χ1v) is 8.06. The summed E-state index contributed by atoms with van der Waals surface area (Å²) in [5.41, 5.74) is 0. The van der Waals surface area contributed by atoms with Crippen LogP contribution in [0.4, 0.5) is 0 Å². The molecule has 1 saturated carbocycles.